The molecule has 0 heterocycles. The Kier molecular flexibility index (Phi) is 4.82. The van der Waals surface area contributed by atoms with Crippen LogP contribution in [0.15, 0.2) is 0 Å². The zero-order chi connectivity index (χ0) is 11.4. The monoisotopic (exact) mass is 216 g/mol. The van der Waals surface area contributed by atoms with Gasteiger partial charge in [-0.2, -0.15) is 8.78 Å². The van der Waals surface area contributed by atoms with Crippen LogP contribution in [0.5, 0.6) is 0 Å². The van der Waals surface area contributed by atoms with Gasteiger partial charge in [-0.05, 0) is 6.92 Å². The summed E-state index contributed by atoms with van der Waals surface area (Å²) in [7, 11) is 0. The van der Waals surface area contributed by atoms with Crippen molar-refractivity contribution in [3.8, 4) is 0 Å². The molecule has 0 bridgehead atoms. The Morgan fingerprint density at radius 2 is 2.00 bits per heavy atom. The lowest BCUT2D eigenvalue weighted by Gasteiger charge is -2.24. The van der Waals surface area contributed by atoms with Crippen molar-refractivity contribution in [3.05, 3.63) is 0 Å². The molecular formula is C7H12F4N2O. The van der Waals surface area contributed by atoms with Crippen molar-refractivity contribution in [2.45, 2.75) is 19.3 Å². The minimum absolute atomic E-state index is 0.0428. The van der Waals surface area contributed by atoms with E-state index in [4.69, 9.17) is 5.73 Å². The van der Waals surface area contributed by atoms with Crippen molar-refractivity contribution in [1.29, 1.82) is 0 Å². The Hall–Kier alpha value is -0.850. The molecule has 0 aromatic carbocycles. The first-order valence-corrected chi connectivity index (χ1v) is 4.03. The highest BCUT2D eigenvalue weighted by Crippen LogP contribution is 2.25. The molecule has 0 aliphatic heterocycles. The molecule has 0 aliphatic carbocycles. The van der Waals surface area contributed by atoms with E-state index in [1.54, 1.807) is 0 Å². The molecule has 0 atom stereocenters. The summed E-state index contributed by atoms with van der Waals surface area (Å²) >= 11 is 0. The molecule has 0 aliphatic rings. The predicted octanol–water partition coefficient (Wildman–Crippen LogP) is 0.694. The molecule has 0 fully saturated rings. The van der Waals surface area contributed by atoms with Crippen LogP contribution in [0, 0.1) is 0 Å². The largest absolute Gasteiger partial charge is 0.383 e. The van der Waals surface area contributed by atoms with Crippen LogP contribution in [0.4, 0.5) is 17.6 Å². The number of halogens is 4. The summed E-state index contributed by atoms with van der Waals surface area (Å²) in [5.41, 5.74) is 5.04. The van der Waals surface area contributed by atoms with Crippen LogP contribution in [0.3, 0.4) is 0 Å². The minimum atomic E-state index is -4.62. The van der Waals surface area contributed by atoms with E-state index < -0.39 is 18.3 Å². The number of hydrogen-bond acceptors (Lipinski definition) is 2. The van der Waals surface area contributed by atoms with Crippen LogP contribution in [-0.2, 0) is 4.79 Å². The molecule has 84 valence electrons. The lowest BCUT2D eigenvalue weighted by Crippen LogP contribution is -2.49. The fourth-order valence-corrected chi connectivity index (χ4v) is 0.863. The summed E-state index contributed by atoms with van der Waals surface area (Å²) < 4.78 is 48.6. The third-order valence-electron chi connectivity index (χ3n) is 1.63. The summed E-state index contributed by atoms with van der Waals surface area (Å²) in [6, 6.07) is 0. The molecule has 0 spiro atoms. The Labute approximate surface area is 78.9 Å². The normalized spacial score (nSPS) is 11.9. The number of carbonyl (C=O) groups is 1. The molecule has 0 unspecified atom stereocenters. The number of alkyl halides is 4. The predicted molar refractivity (Wildman–Crippen MR) is 42.3 cm³/mol. The van der Waals surface area contributed by atoms with Crippen molar-refractivity contribution < 1.29 is 22.4 Å². The zero-order valence-electron chi connectivity index (χ0n) is 7.64. The second-order valence-electron chi connectivity index (χ2n) is 2.60. The van der Waals surface area contributed by atoms with Gasteiger partial charge in [-0.15, -0.1) is 0 Å². The minimum Gasteiger partial charge on any atom is -0.336 e. The molecule has 3 nitrogen and oxygen atoms in total. The summed E-state index contributed by atoms with van der Waals surface area (Å²) in [5.74, 6) is -6.49. The van der Waals surface area contributed by atoms with Gasteiger partial charge >= 0.3 is 12.3 Å². The quantitative estimate of drug-likeness (QED) is 0.687. The third kappa shape index (κ3) is 2.83. The Bertz CT molecular complexity index is 198. The molecule has 14 heavy (non-hydrogen) atoms. The lowest BCUT2D eigenvalue weighted by molar-refractivity contribution is -0.180. The van der Waals surface area contributed by atoms with Crippen LogP contribution in [0.25, 0.3) is 0 Å². The maximum atomic E-state index is 12.5. The van der Waals surface area contributed by atoms with E-state index >= 15 is 0 Å². The number of hydrogen-bond donors (Lipinski definition) is 1. The summed E-state index contributed by atoms with van der Waals surface area (Å²) in [6.07, 6.45) is -3.98. The van der Waals surface area contributed by atoms with E-state index in [-0.39, 0.29) is 19.6 Å². The number of nitrogens with zero attached hydrogens (tertiary/aromatic N) is 1. The lowest BCUT2D eigenvalue weighted by atomic mass is 10.3. The van der Waals surface area contributed by atoms with Gasteiger partial charge in [-0.1, -0.05) is 0 Å². The number of amides is 1. The maximum Gasteiger partial charge on any atom is 0.383 e. The number of rotatable bonds is 5. The second-order valence-corrected chi connectivity index (χ2v) is 2.60. The van der Waals surface area contributed by atoms with Crippen LogP contribution in [-0.4, -0.2) is 42.8 Å². The molecule has 0 rings (SSSR count). The molecule has 2 N–H and O–H groups in total. The maximum absolute atomic E-state index is 12.5. The first-order chi connectivity index (χ1) is 6.37. The van der Waals surface area contributed by atoms with Crippen LogP contribution >= 0.6 is 0 Å². The van der Waals surface area contributed by atoms with Crippen molar-refractivity contribution >= 4 is 5.91 Å². The van der Waals surface area contributed by atoms with Crippen molar-refractivity contribution in [1.82, 2.24) is 4.90 Å². The van der Waals surface area contributed by atoms with Gasteiger partial charge in [0.05, 0.1) is 0 Å². The van der Waals surface area contributed by atoms with Crippen molar-refractivity contribution in [2.24, 2.45) is 5.73 Å². The van der Waals surface area contributed by atoms with Gasteiger partial charge in [-0.25, -0.2) is 8.78 Å². The Morgan fingerprint density at radius 3 is 2.29 bits per heavy atom. The highest BCUT2D eigenvalue weighted by Gasteiger charge is 2.50. The van der Waals surface area contributed by atoms with Crippen LogP contribution in [0.2, 0.25) is 0 Å². The first-order valence-electron chi connectivity index (χ1n) is 4.03. The van der Waals surface area contributed by atoms with Gasteiger partial charge < -0.3 is 10.6 Å². The zero-order valence-corrected chi connectivity index (χ0v) is 7.64. The van der Waals surface area contributed by atoms with Gasteiger partial charge in [0.15, 0.2) is 0 Å². The molecule has 1 amide bonds. The molecular weight excluding hydrogens is 204 g/mol. The Morgan fingerprint density at radius 1 is 1.50 bits per heavy atom. The second kappa shape index (κ2) is 5.14. The van der Waals surface area contributed by atoms with E-state index in [2.05, 4.69) is 0 Å². The standard InChI is InChI=1S/C7H12F4N2O/c1-2-13(4-3-12)6(14)7(10,11)5(8)9/h5H,2-4,12H2,1H3. The third-order valence-corrected chi connectivity index (χ3v) is 1.63. The number of likely N-dealkylation sites (N-methyl/N-ethyl adjacent to an activating group) is 1. The number of carbonyl (C=O) groups excluding carboxylic acids is 1. The van der Waals surface area contributed by atoms with Crippen LogP contribution in [0.1, 0.15) is 6.92 Å². The van der Waals surface area contributed by atoms with E-state index in [9.17, 15) is 22.4 Å². The fraction of sp³-hybridized carbons (Fsp3) is 0.857. The van der Waals surface area contributed by atoms with Gasteiger partial charge in [0, 0.05) is 19.6 Å². The van der Waals surface area contributed by atoms with E-state index in [0.29, 0.717) is 4.90 Å². The van der Waals surface area contributed by atoms with Crippen molar-refractivity contribution in [2.75, 3.05) is 19.6 Å². The average molecular weight is 216 g/mol. The van der Waals surface area contributed by atoms with Gasteiger partial charge in [0.25, 0.3) is 5.91 Å². The van der Waals surface area contributed by atoms with Crippen molar-refractivity contribution in [3.63, 3.8) is 0 Å². The molecule has 0 saturated carbocycles. The summed E-state index contributed by atoms with van der Waals surface area (Å²) in [5, 5.41) is 0. The fourth-order valence-electron chi connectivity index (χ4n) is 0.863. The van der Waals surface area contributed by atoms with Crippen LogP contribution < -0.4 is 5.73 Å². The summed E-state index contributed by atoms with van der Waals surface area (Å²) in [4.78, 5) is 11.5. The highest BCUT2D eigenvalue weighted by atomic mass is 19.3. The smallest absolute Gasteiger partial charge is 0.336 e. The van der Waals surface area contributed by atoms with E-state index in [1.807, 2.05) is 0 Å². The number of nitrogens with two attached hydrogens (primary N) is 1. The topological polar surface area (TPSA) is 46.3 Å². The van der Waals surface area contributed by atoms with E-state index in [1.165, 1.54) is 6.92 Å². The summed E-state index contributed by atoms with van der Waals surface area (Å²) in [6.45, 7) is 1.14. The van der Waals surface area contributed by atoms with E-state index in [0.717, 1.165) is 0 Å². The van der Waals surface area contributed by atoms with Gasteiger partial charge in [0.1, 0.15) is 0 Å². The molecule has 0 saturated heterocycles. The first kappa shape index (κ1) is 13.2. The SMILES string of the molecule is CCN(CCN)C(=O)C(F)(F)C(F)F. The molecule has 0 radical (unpaired) electrons. The molecule has 0 aromatic heterocycles. The Balaban J connectivity index is 4.56. The van der Waals surface area contributed by atoms with Gasteiger partial charge in [-0.3, -0.25) is 4.79 Å². The van der Waals surface area contributed by atoms with Gasteiger partial charge in [0.2, 0.25) is 0 Å². The molecule has 0 aromatic rings. The highest BCUT2D eigenvalue weighted by molar-refractivity contribution is 5.83. The molecule has 7 heteroatoms. The average Bonchev–Trinajstić information content (AvgIpc) is 2.12.